The van der Waals surface area contributed by atoms with Crippen molar-refractivity contribution in [3.63, 3.8) is 0 Å². The Balaban J connectivity index is 0.000000531. The predicted molar refractivity (Wildman–Crippen MR) is 114 cm³/mol. The second-order valence-electron chi connectivity index (χ2n) is 6.57. The molecule has 0 aromatic heterocycles. The molecule has 2 unspecified atom stereocenters. The molecule has 4 heteroatoms. The van der Waals surface area contributed by atoms with Crippen LogP contribution in [0.5, 0.6) is 11.5 Å². The van der Waals surface area contributed by atoms with E-state index >= 15 is 0 Å². The third-order valence-electron chi connectivity index (χ3n) is 4.77. The van der Waals surface area contributed by atoms with Gasteiger partial charge in [0.15, 0.2) is 0 Å². The predicted octanol–water partition coefficient (Wildman–Crippen LogP) is 5.10. The summed E-state index contributed by atoms with van der Waals surface area (Å²) in [5.74, 6) is 1.99. The minimum Gasteiger partial charge on any atom is -0.490 e. The molecule has 4 nitrogen and oxygen atoms in total. The van der Waals surface area contributed by atoms with Crippen LogP contribution in [0.1, 0.15) is 38.8 Å². The standard InChI is InChI=1S/C20H20O4.2C2H6/c1-2-6-16-15(5-1)19(23-11-13-9-21-13)17-7-3-4-8-18(17)20(16)24-12-14-10-22-14;2*1-2/h1-6,13-14H,7-12H2;2*1-2H3. The monoisotopic (exact) mass is 384 g/mol. The summed E-state index contributed by atoms with van der Waals surface area (Å²) in [6, 6.07) is 8.36. The van der Waals surface area contributed by atoms with E-state index in [-0.39, 0.29) is 12.2 Å². The Kier molecular flexibility index (Phi) is 7.35. The van der Waals surface area contributed by atoms with Crippen molar-refractivity contribution in [3.8, 4) is 11.5 Å². The van der Waals surface area contributed by atoms with Gasteiger partial charge in [0, 0.05) is 21.9 Å². The highest BCUT2D eigenvalue weighted by molar-refractivity contribution is 5.96. The fourth-order valence-electron chi connectivity index (χ4n) is 3.32. The van der Waals surface area contributed by atoms with Crippen LogP contribution in [0, 0.1) is 0 Å². The Bertz CT molecular complexity index is 737. The lowest BCUT2D eigenvalue weighted by Gasteiger charge is -2.23. The Labute approximate surface area is 168 Å². The second-order valence-corrected chi connectivity index (χ2v) is 6.57. The van der Waals surface area contributed by atoms with Gasteiger partial charge in [0.05, 0.1) is 13.2 Å². The van der Waals surface area contributed by atoms with E-state index in [1.54, 1.807) is 0 Å². The fraction of sp³-hybridized carbons (Fsp3) is 0.500. The van der Waals surface area contributed by atoms with E-state index in [2.05, 4.69) is 36.4 Å². The van der Waals surface area contributed by atoms with Crippen molar-refractivity contribution >= 4 is 10.8 Å². The van der Waals surface area contributed by atoms with Crippen molar-refractivity contribution in [2.75, 3.05) is 26.4 Å². The molecule has 3 aliphatic rings. The largest absolute Gasteiger partial charge is 0.490 e. The molecule has 2 atom stereocenters. The maximum Gasteiger partial charge on any atom is 0.131 e. The molecule has 2 heterocycles. The van der Waals surface area contributed by atoms with E-state index in [1.165, 1.54) is 11.1 Å². The molecular formula is C24H32O4. The van der Waals surface area contributed by atoms with Gasteiger partial charge in [-0.2, -0.15) is 0 Å². The molecule has 28 heavy (non-hydrogen) atoms. The summed E-state index contributed by atoms with van der Waals surface area (Å²) in [6.45, 7) is 10.9. The maximum atomic E-state index is 6.20. The van der Waals surface area contributed by atoms with Crippen LogP contribution in [0.2, 0.25) is 0 Å². The average molecular weight is 385 g/mol. The average Bonchev–Trinajstić information content (AvgIpc) is 3.69. The molecule has 152 valence electrons. The summed E-state index contributed by atoms with van der Waals surface area (Å²) < 4.78 is 23.0. The van der Waals surface area contributed by atoms with Crippen molar-refractivity contribution in [2.24, 2.45) is 0 Å². The highest BCUT2D eigenvalue weighted by Gasteiger charge is 2.28. The van der Waals surface area contributed by atoms with Crippen molar-refractivity contribution < 1.29 is 18.9 Å². The lowest BCUT2D eigenvalue weighted by molar-refractivity contribution is 0.258. The molecule has 2 aromatic carbocycles. The lowest BCUT2D eigenvalue weighted by atomic mass is 9.90. The van der Waals surface area contributed by atoms with Gasteiger partial charge in [0.2, 0.25) is 0 Å². The normalized spacial score (nSPS) is 20.9. The number of allylic oxidation sites excluding steroid dienone is 2. The topological polar surface area (TPSA) is 43.5 Å². The van der Waals surface area contributed by atoms with Gasteiger partial charge >= 0.3 is 0 Å². The summed E-state index contributed by atoms with van der Waals surface area (Å²) in [5.41, 5.74) is 2.51. The van der Waals surface area contributed by atoms with Crippen LogP contribution >= 0.6 is 0 Å². The highest BCUT2D eigenvalue weighted by Crippen LogP contribution is 2.43. The van der Waals surface area contributed by atoms with Gasteiger partial charge in [-0.15, -0.1) is 0 Å². The van der Waals surface area contributed by atoms with Crippen LogP contribution in [0.4, 0.5) is 0 Å². The van der Waals surface area contributed by atoms with E-state index in [0.29, 0.717) is 13.2 Å². The number of ether oxygens (including phenoxy) is 4. The summed E-state index contributed by atoms with van der Waals surface area (Å²) in [7, 11) is 0. The van der Waals surface area contributed by atoms with Gasteiger partial charge < -0.3 is 18.9 Å². The van der Waals surface area contributed by atoms with Gasteiger partial charge in [-0.3, -0.25) is 0 Å². The third-order valence-corrected chi connectivity index (χ3v) is 4.77. The zero-order valence-corrected chi connectivity index (χ0v) is 17.5. The van der Waals surface area contributed by atoms with Gasteiger partial charge in [-0.05, 0) is 12.8 Å². The minimum absolute atomic E-state index is 0.251. The van der Waals surface area contributed by atoms with Crippen molar-refractivity contribution in [3.05, 3.63) is 47.5 Å². The lowest BCUT2D eigenvalue weighted by Crippen LogP contribution is -2.12. The molecule has 2 saturated heterocycles. The van der Waals surface area contributed by atoms with Crippen LogP contribution in [0.3, 0.4) is 0 Å². The van der Waals surface area contributed by atoms with Gasteiger partial charge in [-0.25, -0.2) is 0 Å². The number of fused-ring (bicyclic) bond motifs is 2. The first-order valence-corrected chi connectivity index (χ1v) is 10.6. The summed E-state index contributed by atoms with van der Waals surface area (Å²) in [4.78, 5) is 0. The first-order valence-electron chi connectivity index (χ1n) is 10.6. The maximum absolute atomic E-state index is 6.20. The summed E-state index contributed by atoms with van der Waals surface area (Å²) >= 11 is 0. The zero-order chi connectivity index (χ0) is 19.9. The van der Waals surface area contributed by atoms with Crippen LogP contribution < -0.4 is 9.47 Å². The van der Waals surface area contributed by atoms with Crippen LogP contribution in [-0.2, 0) is 22.3 Å². The van der Waals surface area contributed by atoms with E-state index in [1.807, 2.05) is 27.7 Å². The van der Waals surface area contributed by atoms with E-state index in [4.69, 9.17) is 18.9 Å². The van der Waals surface area contributed by atoms with E-state index in [0.717, 1.165) is 48.3 Å². The molecule has 0 spiro atoms. The number of rotatable bonds is 6. The first kappa shape index (κ1) is 20.7. The number of hydrogen-bond acceptors (Lipinski definition) is 4. The van der Waals surface area contributed by atoms with Crippen LogP contribution in [-0.4, -0.2) is 38.6 Å². The SMILES string of the molecule is C1=CCc2c(c(OCC3CO3)c3ccccc3c2OCC2CO2)C1.CC.CC. The summed E-state index contributed by atoms with van der Waals surface area (Å²) in [5, 5.41) is 2.25. The molecule has 0 amide bonds. The molecule has 5 rings (SSSR count). The Morgan fingerprint density at radius 3 is 1.50 bits per heavy atom. The number of epoxide rings is 2. The molecule has 0 N–H and O–H groups in total. The highest BCUT2D eigenvalue weighted by atomic mass is 16.6. The quantitative estimate of drug-likeness (QED) is 0.513. The van der Waals surface area contributed by atoms with Gasteiger partial charge in [0.1, 0.15) is 36.9 Å². The van der Waals surface area contributed by atoms with Gasteiger partial charge in [0.25, 0.3) is 0 Å². The van der Waals surface area contributed by atoms with Crippen LogP contribution in [0.15, 0.2) is 36.4 Å². The third kappa shape index (κ3) is 4.68. The van der Waals surface area contributed by atoms with Gasteiger partial charge in [-0.1, -0.05) is 64.1 Å². The zero-order valence-electron chi connectivity index (χ0n) is 17.5. The minimum atomic E-state index is 0.251. The Morgan fingerprint density at radius 2 is 1.14 bits per heavy atom. The van der Waals surface area contributed by atoms with Crippen molar-refractivity contribution in [2.45, 2.75) is 52.7 Å². The molecular weight excluding hydrogens is 352 g/mol. The van der Waals surface area contributed by atoms with Crippen LogP contribution in [0.25, 0.3) is 10.8 Å². The molecule has 0 radical (unpaired) electrons. The fourth-order valence-corrected chi connectivity index (χ4v) is 3.32. The van der Waals surface area contributed by atoms with E-state index < -0.39 is 0 Å². The molecule has 2 fully saturated rings. The molecule has 1 aliphatic carbocycles. The first-order chi connectivity index (χ1) is 13.9. The summed E-state index contributed by atoms with van der Waals surface area (Å²) in [6.07, 6.45) is 6.70. The molecule has 2 aromatic rings. The second kappa shape index (κ2) is 9.94. The smallest absolute Gasteiger partial charge is 0.131 e. The molecule has 2 aliphatic heterocycles. The number of benzene rings is 2. The Hall–Kier alpha value is -2.04. The Morgan fingerprint density at radius 1 is 0.750 bits per heavy atom. The molecule has 0 bridgehead atoms. The van der Waals surface area contributed by atoms with Crippen molar-refractivity contribution in [1.29, 1.82) is 0 Å². The molecule has 0 saturated carbocycles. The number of hydrogen-bond donors (Lipinski definition) is 0. The van der Waals surface area contributed by atoms with Crippen molar-refractivity contribution in [1.82, 2.24) is 0 Å². The van der Waals surface area contributed by atoms with E-state index in [9.17, 15) is 0 Å².